The summed E-state index contributed by atoms with van der Waals surface area (Å²) in [6, 6.07) is 0. The Labute approximate surface area is 78.0 Å². The quantitative estimate of drug-likeness (QED) is 0.574. The van der Waals surface area contributed by atoms with E-state index >= 15 is 0 Å². The minimum atomic E-state index is -0.0788. The predicted molar refractivity (Wildman–Crippen MR) is 46.8 cm³/mol. The molecular formula is C11H16O2. The third kappa shape index (κ3) is 0.608. The Morgan fingerprint density at radius 1 is 0.615 bits per heavy atom. The van der Waals surface area contributed by atoms with Crippen LogP contribution in [0, 0.1) is 35.5 Å². The SMILES string of the molecule is O[C@@H]1C[C@H]2[C@H]3C[C@H](O)[C@H]4[C@@H]3C[C@@H]2[C@@H]41. The van der Waals surface area contributed by atoms with Gasteiger partial charge in [-0.05, 0) is 54.8 Å². The van der Waals surface area contributed by atoms with E-state index in [1.54, 1.807) is 0 Å². The molecule has 2 bridgehead atoms. The molecule has 8 atom stereocenters. The van der Waals surface area contributed by atoms with Gasteiger partial charge < -0.3 is 10.2 Å². The van der Waals surface area contributed by atoms with Gasteiger partial charge in [-0.15, -0.1) is 0 Å². The molecule has 4 aliphatic rings. The van der Waals surface area contributed by atoms with Crippen molar-refractivity contribution in [1.82, 2.24) is 0 Å². The van der Waals surface area contributed by atoms with Crippen molar-refractivity contribution in [3.63, 3.8) is 0 Å². The molecule has 4 saturated carbocycles. The van der Waals surface area contributed by atoms with Gasteiger partial charge >= 0.3 is 0 Å². The number of hydrogen-bond donors (Lipinski definition) is 2. The van der Waals surface area contributed by atoms with Gasteiger partial charge in [-0.1, -0.05) is 0 Å². The Balaban J connectivity index is 1.86. The number of rotatable bonds is 0. The van der Waals surface area contributed by atoms with Gasteiger partial charge in [0, 0.05) is 0 Å². The Kier molecular flexibility index (Phi) is 1.09. The molecule has 0 aliphatic heterocycles. The first-order valence-electron chi connectivity index (χ1n) is 5.63. The summed E-state index contributed by atoms with van der Waals surface area (Å²) >= 11 is 0. The first-order chi connectivity index (χ1) is 6.27. The Morgan fingerprint density at radius 3 is 1.54 bits per heavy atom. The van der Waals surface area contributed by atoms with Gasteiger partial charge in [-0.2, -0.15) is 0 Å². The van der Waals surface area contributed by atoms with Gasteiger partial charge in [0.15, 0.2) is 0 Å². The molecule has 2 N–H and O–H groups in total. The van der Waals surface area contributed by atoms with Gasteiger partial charge in [0.25, 0.3) is 0 Å². The van der Waals surface area contributed by atoms with Crippen LogP contribution in [0.2, 0.25) is 0 Å². The van der Waals surface area contributed by atoms with Crippen LogP contribution in [0.15, 0.2) is 0 Å². The first-order valence-corrected chi connectivity index (χ1v) is 5.63. The van der Waals surface area contributed by atoms with Gasteiger partial charge in [0.1, 0.15) is 0 Å². The number of fused-ring (bicyclic) bond motifs is 2. The van der Waals surface area contributed by atoms with Crippen molar-refractivity contribution in [3.8, 4) is 0 Å². The Bertz CT molecular complexity index is 235. The van der Waals surface area contributed by atoms with Crippen molar-refractivity contribution in [3.05, 3.63) is 0 Å². The van der Waals surface area contributed by atoms with Gasteiger partial charge in [-0.25, -0.2) is 0 Å². The molecule has 0 heterocycles. The van der Waals surface area contributed by atoms with Crippen molar-refractivity contribution in [2.75, 3.05) is 0 Å². The van der Waals surface area contributed by atoms with Crippen LogP contribution in [-0.4, -0.2) is 22.4 Å². The van der Waals surface area contributed by atoms with Crippen LogP contribution >= 0.6 is 0 Å². The maximum Gasteiger partial charge on any atom is 0.0577 e. The topological polar surface area (TPSA) is 40.5 Å². The van der Waals surface area contributed by atoms with Crippen LogP contribution in [0.3, 0.4) is 0 Å². The molecule has 13 heavy (non-hydrogen) atoms. The smallest absolute Gasteiger partial charge is 0.0577 e. The third-order valence-electron chi connectivity index (χ3n) is 5.54. The summed E-state index contributed by atoms with van der Waals surface area (Å²) in [6.45, 7) is 0. The van der Waals surface area contributed by atoms with Crippen molar-refractivity contribution < 1.29 is 10.2 Å². The molecule has 2 heteroatoms. The average Bonchev–Trinajstić information content (AvgIpc) is 2.67. The molecule has 0 aromatic carbocycles. The summed E-state index contributed by atoms with van der Waals surface area (Å²) in [4.78, 5) is 0. The third-order valence-corrected chi connectivity index (χ3v) is 5.54. The average molecular weight is 180 g/mol. The number of hydrogen-bond acceptors (Lipinski definition) is 2. The Hall–Kier alpha value is -0.0800. The lowest BCUT2D eigenvalue weighted by Crippen LogP contribution is -2.30. The highest BCUT2D eigenvalue weighted by Gasteiger charge is 2.68. The van der Waals surface area contributed by atoms with E-state index in [4.69, 9.17) is 0 Å². The van der Waals surface area contributed by atoms with Crippen LogP contribution in [0.4, 0.5) is 0 Å². The second-order valence-electron chi connectivity index (χ2n) is 5.65. The summed E-state index contributed by atoms with van der Waals surface area (Å²) in [5, 5.41) is 19.9. The fraction of sp³-hybridized carbons (Fsp3) is 1.00. The van der Waals surface area contributed by atoms with E-state index in [9.17, 15) is 10.2 Å². The lowest BCUT2D eigenvalue weighted by Gasteiger charge is -2.27. The highest BCUT2D eigenvalue weighted by Crippen LogP contribution is 2.70. The van der Waals surface area contributed by atoms with E-state index in [1.807, 2.05) is 0 Å². The zero-order chi connectivity index (χ0) is 8.74. The molecule has 4 fully saturated rings. The first kappa shape index (κ1) is 7.24. The van der Waals surface area contributed by atoms with Crippen molar-refractivity contribution in [1.29, 1.82) is 0 Å². The van der Waals surface area contributed by atoms with Gasteiger partial charge in [0.05, 0.1) is 12.2 Å². The lowest BCUT2D eigenvalue weighted by molar-refractivity contribution is 0.0365. The second kappa shape index (κ2) is 1.96. The van der Waals surface area contributed by atoms with Gasteiger partial charge in [0.2, 0.25) is 0 Å². The maximum absolute atomic E-state index is 9.93. The predicted octanol–water partition coefficient (Wildman–Crippen LogP) is 0.630. The normalized spacial score (nSPS) is 72.5. The fourth-order valence-electron chi connectivity index (χ4n) is 5.41. The van der Waals surface area contributed by atoms with Crippen LogP contribution in [-0.2, 0) is 0 Å². The molecule has 0 unspecified atom stereocenters. The molecule has 0 aromatic heterocycles. The molecule has 4 rings (SSSR count). The van der Waals surface area contributed by atoms with Crippen LogP contribution in [0.1, 0.15) is 19.3 Å². The zero-order valence-corrected chi connectivity index (χ0v) is 7.63. The minimum Gasteiger partial charge on any atom is -0.393 e. The second-order valence-corrected chi connectivity index (χ2v) is 5.65. The van der Waals surface area contributed by atoms with E-state index in [2.05, 4.69) is 0 Å². The fourth-order valence-corrected chi connectivity index (χ4v) is 5.41. The number of aliphatic hydroxyl groups is 2. The van der Waals surface area contributed by atoms with Crippen molar-refractivity contribution >= 4 is 0 Å². The molecule has 72 valence electrons. The van der Waals surface area contributed by atoms with Crippen molar-refractivity contribution in [2.24, 2.45) is 35.5 Å². The largest absolute Gasteiger partial charge is 0.393 e. The van der Waals surface area contributed by atoms with Gasteiger partial charge in [-0.3, -0.25) is 0 Å². The van der Waals surface area contributed by atoms with Crippen LogP contribution in [0.5, 0.6) is 0 Å². The molecule has 0 spiro atoms. The standard InChI is InChI=1S/C11H16O2/c12-8-2-4-5-3-9(13)11-7(5)1-6(4)10(8)11/h4-13H,1-3H2/t4-,5+,6-,7+,8+,9-,10-,11-/m1/s1. The monoisotopic (exact) mass is 180 g/mol. The van der Waals surface area contributed by atoms with E-state index in [0.717, 1.165) is 36.5 Å². The Morgan fingerprint density at radius 2 is 1.08 bits per heavy atom. The van der Waals surface area contributed by atoms with E-state index < -0.39 is 0 Å². The van der Waals surface area contributed by atoms with Crippen LogP contribution in [0.25, 0.3) is 0 Å². The zero-order valence-electron chi connectivity index (χ0n) is 7.63. The minimum absolute atomic E-state index is 0.0788. The number of aliphatic hydroxyl groups excluding tert-OH is 2. The molecule has 0 saturated heterocycles. The highest BCUT2D eigenvalue weighted by molar-refractivity contribution is 5.17. The summed E-state index contributed by atoms with van der Waals surface area (Å²) in [7, 11) is 0. The van der Waals surface area contributed by atoms with E-state index in [0.29, 0.717) is 11.8 Å². The molecule has 4 aliphatic carbocycles. The molecule has 0 aromatic rings. The van der Waals surface area contributed by atoms with Crippen molar-refractivity contribution in [2.45, 2.75) is 31.5 Å². The highest BCUT2D eigenvalue weighted by atomic mass is 16.3. The summed E-state index contributed by atoms with van der Waals surface area (Å²) in [5.41, 5.74) is 0. The summed E-state index contributed by atoms with van der Waals surface area (Å²) in [5.74, 6) is 4.07. The maximum atomic E-state index is 9.93. The molecular weight excluding hydrogens is 164 g/mol. The van der Waals surface area contributed by atoms with E-state index in [1.165, 1.54) is 6.42 Å². The van der Waals surface area contributed by atoms with E-state index in [-0.39, 0.29) is 12.2 Å². The lowest BCUT2D eigenvalue weighted by atomic mass is 9.79. The molecule has 2 nitrogen and oxygen atoms in total. The van der Waals surface area contributed by atoms with Crippen LogP contribution < -0.4 is 0 Å². The molecule has 0 radical (unpaired) electrons. The molecule has 0 amide bonds. The summed E-state index contributed by atoms with van der Waals surface area (Å²) in [6.07, 6.45) is 3.24. The summed E-state index contributed by atoms with van der Waals surface area (Å²) < 4.78 is 0.